The molecule has 34 heavy (non-hydrogen) atoms. The summed E-state index contributed by atoms with van der Waals surface area (Å²) >= 11 is 5.98. The minimum atomic E-state index is -1.34. The Morgan fingerprint density at radius 3 is 2.32 bits per heavy atom. The van der Waals surface area contributed by atoms with Gasteiger partial charge in [-0.05, 0) is 35.9 Å². The van der Waals surface area contributed by atoms with Crippen molar-refractivity contribution in [3.8, 4) is 5.75 Å². The quantitative estimate of drug-likeness (QED) is 0.283. The Labute approximate surface area is 196 Å². The second-order valence-electron chi connectivity index (χ2n) is 6.98. The number of carbonyl (C=O) groups excluding carboxylic acids is 1. The fraction of sp³-hybridized carbons (Fsp3) is 0.190. The third-order valence-electron chi connectivity index (χ3n) is 4.72. The molecule has 1 aromatic heterocycles. The molecular formula is C21H18ClN3O9. The summed E-state index contributed by atoms with van der Waals surface area (Å²) in [5, 5.41) is 44.3. The van der Waals surface area contributed by atoms with Crippen molar-refractivity contribution >= 4 is 28.9 Å². The smallest absolute Gasteiger partial charge is 0.287 e. The zero-order valence-electron chi connectivity index (χ0n) is 17.3. The summed E-state index contributed by atoms with van der Waals surface area (Å²) < 4.78 is 10.8. The molecule has 2 unspecified atom stereocenters. The van der Waals surface area contributed by atoms with Gasteiger partial charge in [0, 0.05) is 18.2 Å². The van der Waals surface area contributed by atoms with Crippen molar-refractivity contribution < 1.29 is 34.0 Å². The third kappa shape index (κ3) is 5.86. The zero-order valence-corrected chi connectivity index (χ0v) is 18.0. The van der Waals surface area contributed by atoms with Gasteiger partial charge < -0.3 is 24.7 Å². The van der Waals surface area contributed by atoms with Gasteiger partial charge >= 0.3 is 0 Å². The lowest BCUT2D eigenvalue weighted by Crippen LogP contribution is -2.41. The topological polar surface area (TPSA) is 178 Å². The summed E-state index contributed by atoms with van der Waals surface area (Å²) in [5.41, 5.74) is -0.120. The second-order valence-corrected chi connectivity index (χ2v) is 7.39. The molecule has 1 heterocycles. The molecule has 0 spiro atoms. The molecule has 0 saturated carbocycles. The Morgan fingerprint density at radius 1 is 1.06 bits per heavy atom. The first-order valence-electron chi connectivity index (χ1n) is 9.69. The first-order chi connectivity index (χ1) is 16.2. The zero-order chi connectivity index (χ0) is 24.8. The van der Waals surface area contributed by atoms with E-state index in [1.54, 1.807) is 0 Å². The van der Waals surface area contributed by atoms with Crippen LogP contribution in [0.25, 0.3) is 0 Å². The lowest BCUT2D eigenvalue weighted by atomic mass is 10.0. The minimum Gasteiger partial charge on any atom is -0.484 e. The number of benzene rings is 2. The number of furan rings is 1. The Kier molecular flexibility index (Phi) is 7.79. The maximum atomic E-state index is 12.5. The molecule has 0 saturated heterocycles. The van der Waals surface area contributed by atoms with Gasteiger partial charge in [0.15, 0.2) is 5.76 Å². The van der Waals surface area contributed by atoms with Crippen molar-refractivity contribution in [3.63, 3.8) is 0 Å². The van der Waals surface area contributed by atoms with Crippen LogP contribution in [0.3, 0.4) is 0 Å². The Bertz CT molecular complexity index is 1200. The number of ether oxygens (including phenoxy) is 1. The van der Waals surface area contributed by atoms with E-state index < -0.39 is 34.5 Å². The molecule has 0 bridgehead atoms. The average Bonchev–Trinajstić information content (AvgIpc) is 3.30. The van der Waals surface area contributed by atoms with Crippen LogP contribution in [0.15, 0.2) is 59.0 Å². The van der Waals surface area contributed by atoms with E-state index in [-0.39, 0.29) is 45.8 Å². The van der Waals surface area contributed by atoms with Crippen LogP contribution < -0.4 is 10.1 Å². The summed E-state index contributed by atoms with van der Waals surface area (Å²) in [4.78, 5) is 33.0. The molecule has 12 nitrogen and oxygen atoms in total. The molecule has 3 N–H and O–H groups in total. The van der Waals surface area contributed by atoms with E-state index in [0.29, 0.717) is 0 Å². The van der Waals surface area contributed by atoms with Crippen molar-refractivity contribution in [2.75, 3.05) is 6.61 Å². The van der Waals surface area contributed by atoms with Gasteiger partial charge in [0.1, 0.15) is 24.2 Å². The van der Waals surface area contributed by atoms with Crippen molar-refractivity contribution in [2.24, 2.45) is 0 Å². The number of halogens is 1. The van der Waals surface area contributed by atoms with Gasteiger partial charge in [-0.15, -0.1) is 0 Å². The molecule has 2 aromatic carbocycles. The number of carbonyl (C=O) groups is 1. The summed E-state index contributed by atoms with van der Waals surface area (Å²) in [7, 11) is 0. The highest BCUT2D eigenvalue weighted by molar-refractivity contribution is 6.32. The Hall–Kier alpha value is -4.00. The molecule has 0 radical (unpaired) electrons. The SMILES string of the molecule is O=C(NC(CO)C(O)c1ccc([N+](=O)[O-])cc1)c1ccc(COc2cc([N+](=O)[O-])ccc2Cl)o1. The van der Waals surface area contributed by atoms with E-state index in [1.807, 2.05) is 0 Å². The number of hydrogen-bond donors (Lipinski definition) is 3. The van der Waals surface area contributed by atoms with Gasteiger partial charge in [-0.1, -0.05) is 11.6 Å². The number of aliphatic hydroxyl groups excluding tert-OH is 2. The van der Waals surface area contributed by atoms with Crippen molar-refractivity contribution in [3.05, 3.63) is 96.9 Å². The van der Waals surface area contributed by atoms with Crippen LogP contribution in [0.2, 0.25) is 5.02 Å². The number of nitrogens with zero attached hydrogens (tertiary/aromatic N) is 2. The normalized spacial score (nSPS) is 12.6. The van der Waals surface area contributed by atoms with E-state index in [2.05, 4.69) is 5.32 Å². The molecule has 0 aliphatic heterocycles. The van der Waals surface area contributed by atoms with Crippen LogP contribution in [-0.2, 0) is 6.61 Å². The van der Waals surface area contributed by atoms with Crippen LogP contribution >= 0.6 is 11.6 Å². The average molecular weight is 492 g/mol. The number of nitrogens with one attached hydrogen (secondary N) is 1. The van der Waals surface area contributed by atoms with Gasteiger partial charge in [-0.3, -0.25) is 25.0 Å². The first kappa shape index (κ1) is 24.6. The van der Waals surface area contributed by atoms with Crippen molar-refractivity contribution in [1.82, 2.24) is 5.32 Å². The molecule has 1 amide bonds. The van der Waals surface area contributed by atoms with Crippen LogP contribution in [0, 0.1) is 20.2 Å². The summed E-state index contributed by atoms with van der Waals surface area (Å²) in [5.74, 6) is -0.605. The lowest BCUT2D eigenvalue weighted by molar-refractivity contribution is -0.385. The standard InChI is InChI=1S/C21H18ClN3O9/c22-16-7-5-14(25(31)32)9-19(16)33-11-15-6-8-18(34-15)21(28)23-17(10-26)20(27)12-1-3-13(4-2-12)24(29)30/h1-9,17,20,26-27H,10-11H2,(H,23,28). The van der Waals surface area contributed by atoms with E-state index in [4.69, 9.17) is 20.8 Å². The van der Waals surface area contributed by atoms with Gasteiger partial charge in [-0.2, -0.15) is 0 Å². The molecule has 0 aliphatic carbocycles. The van der Waals surface area contributed by atoms with Crippen molar-refractivity contribution in [1.29, 1.82) is 0 Å². The molecule has 3 rings (SSSR count). The molecule has 13 heteroatoms. The van der Waals surface area contributed by atoms with Gasteiger partial charge in [0.05, 0.1) is 33.6 Å². The first-order valence-corrected chi connectivity index (χ1v) is 10.1. The van der Waals surface area contributed by atoms with E-state index in [9.17, 15) is 35.2 Å². The predicted octanol–water partition coefficient (Wildman–Crippen LogP) is 3.15. The maximum Gasteiger partial charge on any atom is 0.287 e. The van der Waals surface area contributed by atoms with Crippen LogP contribution in [0.4, 0.5) is 11.4 Å². The molecule has 2 atom stereocenters. The number of nitro benzene ring substituents is 2. The fourth-order valence-corrected chi connectivity index (χ4v) is 3.10. The van der Waals surface area contributed by atoms with Crippen LogP contribution in [-0.4, -0.2) is 38.6 Å². The van der Waals surface area contributed by atoms with Crippen LogP contribution in [0.1, 0.15) is 28.0 Å². The highest BCUT2D eigenvalue weighted by atomic mass is 35.5. The van der Waals surface area contributed by atoms with Gasteiger partial charge in [0.25, 0.3) is 17.3 Å². The second kappa shape index (κ2) is 10.7. The number of non-ortho nitro benzene ring substituents is 2. The van der Waals surface area contributed by atoms with Gasteiger partial charge in [0.2, 0.25) is 0 Å². The predicted molar refractivity (Wildman–Crippen MR) is 118 cm³/mol. The largest absolute Gasteiger partial charge is 0.484 e. The number of rotatable bonds is 10. The van der Waals surface area contributed by atoms with Crippen molar-refractivity contribution in [2.45, 2.75) is 18.8 Å². The monoisotopic (exact) mass is 491 g/mol. The molecule has 0 fully saturated rings. The molecule has 3 aromatic rings. The number of nitro groups is 2. The van der Waals surface area contributed by atoms with E-state index in [1.165, 1.54) is 48.5 Å². The lowest BCUT2D eigenvalue weighted by Gasteiger charge is -2.22. The number of aliphatic hydroxyl groups is 2. The van der Waals surface area contributed by atoms with Gasteiger partial charge in [-0.25, -0.2) is 0 Å². The van der Waals surface area contributed by atoms with E-state index in [0.717, 1.165) is 6.07 Å². The number of hydrogen-bond acceptors (Lipinski definition) is 9. The van der Waals surface area contributed by atoms with Crippen LogP contribution in [0.5, 0.6) is 5.75 Å². The van der Waals surface area contributed by atoms with E-state index >= 15 is 0 Å². The summed E-state index contributed by atoms with van der Waals surface area (Å²) in [6, 6.07) is 10.4. The minimum absolute atomic E-state index is 0.0600. The Morgan fingerprint density at radius 2 is 1.71 bits per heavy atom. The highest BCUT2D eigenvalue weighted by Gasteiger charge is 2.25. The highest BCUT2D eigenvalue weighted by Crippen LogP contribution is 2.29. The maximum absolute atomic E-state index is 12.5. The molecule has 0 aliphatic rings. The molecule has 178 valence electrons. The number of amides is 1. The molecular weight excluding hydrogens is 474 g/mol. The summed E-state index contributed by atoms with van der Waals surface area (Å²) in [6.07, 6.45) is -1.34. The summed E-state index contributed by atoms with van der Waals surface area (Å²) in [6.45, 7) is -0.797. The fourth-order valence-electron chi connectivity index (χ4n) is 2.93. The third-order valence-corrected chi connectivity index (χ3v) is 5.03. The Balaban J connectivity index is 1.63.